The third kappa shape index (κ3) is 2.69. The second-order valence-corrected chi connectivity index (χ2v) is 4.39. The molecule has 0 aliphatic heterocycles. The molecule has 2 N–H and O–H groups in total. The van der Waals surface area contributed by atoms with Crippen LogP contribution in [-0.4, -0.2) is 28.1 Å². The molecule has 2 rings (SSSR count). The van der Waals surface area contributed by atoms with Gasteiger partial charge in [-0.3, -0.25) is 20.2 Å². The number of nitrogens with one attached hydrogen (secondary N) is 2. The molecule has 20 heavy (non-hydrogen) atoms. The summed E-state index contributed by atoms with van der Waals surface area (Å²) < 4.78 is 13.5. The van der Waals surface area contributed by atoms with Gasteiger partial charge in [-0.15, -0.1) is 10.2 Å². The summed E-state index contributed by atoms with van der Waals surface area (Å²) in [4.78, 5) is 22.1. The number of nitro benzene ring substituents is 1. The van der Waals surface area contributed by atoms with Gasteiger partial charge in [-0.1, -0.05) is 11.3 Å². The van der Waals surface area contributed by atoms with Gasteiger partial charge in [-0.05, 0) is 6.07 Å². The Morgan fingerprint density at radius 1 is 1.50 bits per heavy atom. The fraction of sp³-hybridized carbons (Fsp3) is 0.100. The first-order chi connectivity index (χ1) is 9.52. The Morgan fingerprint density at radius 3 is 2.80 bits per heavy atom. The van der Waals surface area contributed by atoms with Crippen LogP contribution < -0.4 is 10.6 Å². The van der Waals surface area contributed by atoms with E-state index in [9.17, 15) is 19.3 Å². The van der Waals surface area contributed by atoms with Crippen LogP contribution in [0.4, 0.5) is 20.9 Å². The van der Waals surface area contributed by atoms with Gasteiger partial charge in [0.1, 0.15) is 11.1 Å². The van der Waals surface area contributed by atoms with Crippen LogP contribution in [0.3, 0.4) is 0 Å². The van der Waals surface area contributed by atoms with E-state index in [1.807, 2.05) is 0 Å². The van der Waals surface area contributed by atoms with E-state index < -0.39 is 22.3 Å². The molecule has 0 bridgehead atoms. The quantitative estimate of drug-likeness (QED) is 0.658. The number of halogens is 1. The lowest BCUT2D eigenvalue weighted by Gasteiger charge is -2.07. The van der Waals surface area contributed by atoms with E-state index in [-0.39, 0.29) is 16.4 Å². The maximum Gasteiger partial charge on any atom is 0.285 e. The monoisotopic (exact) mass is 297 g/mol. The normalized spacial score (nSPS) is 10.1. The van der Waals surface area contributed by atoms with Crippen LogP contribution in [0.15, 0.2) is 17.6 Å². The van der Waals surface area contributed by atoms with E-state index in [0.717, 1.165) is 17.4 Å². The van der Waals surface area contributed by atoms with Crippen LogP contribution in [0.5, 0.6) is 0 Å². The lowest BCUT2D eigenvalue weighted by Crippen LogP contribution is -2.15. The first-order valence-electron chi connectivity index (χ1n) is 5.26. The van der Waals surface area contributed by atoms with Crippen LogP contribution in [0.1, 0.15) is 10.4 Å². The van der Waals surface area contributed by atoms with Crippen LogP contribution in [0.2, 0.25) is 0 Å². The molecule has 2 aromatic rings. The number of aromatic nitrogens is 2. The summed E-state index contributed by atoms with van der Waals surface area (Å²) in [5.41, 5.74) is 0.491. The molecule has 1 aromatic heterocycles. The van der Waals surface area contributed by atoms with E-state index in [2.05, 4.69) is 20.8 Å². The molecule has 1 heterocycles. The highest BCUT2D eigenvalue weighted by Crippen LogP contribution is 2.26. The van der Waals surface area contributed by atoms with E-state index in [0.29, 0.717) is 6.07 Å². The molecule has 0 atom stereocenters. The number of anilines is 2. The smallest absolute Gasteiger partial charge is 0.285 e. The first kappa shape index (κ1) is 13.8. The van der Waals surface area contributed by atoms with Crippen molar-refractivity contribution in [1.82, 2.24) is 10.2 Å². The summed E-state index contributed by atoms with van der Waals surface area (Å²) in [5, 5.41) is 23.1. The predicted molar refractivity (Wildman–Crippen MR) is 70.5 cm³/mol. The molecule has 8 nitrogen and oxygen atoms in total. The van der Waals surface area contributed by atoms with Crippen LogP contribution in [0, 0.1) is 15.9 Å². The number of rotatable bonds is 4. The van der Waals surface area contributed by atoms with Gasteiger partial charge in [-0.2, -0.15) is 0 Å². The average Bonchev–Trinajstić information content (AvgIpc) is 2.90. The topological polar surface area (TPSA) is 110 Å². The molecule has 0 aliphatic rings. The standard InChI is InChI=1S/C10H8FN5O3S/c1-12-7-2-5(8(16(18)19)3-6(7)11)9(17)14-10-15-13-4-20-10/h2-4,12H,1H3,(H,14,15,17). The molecule has 0 spiro atoms. The van der Waals surface area contributed by atoms with Crippen molar-refractivity contribution >= 4 is 33.8 Å². The van der Waals surface area contributed by atoms with Gasteiger partial charge in [0, 0.05) is 7.05 Å². The third-order valence-electron chi connectivity index (χ3n) is 2.38. The number of nitro groups is 1. The average molecular weight is 297 g/mol. The summed E-state index contributed by atoms with van der Waals surface area (Å²) in [6, 6.07) is 1.77. The van der Waals surface area contributed by atoms with Crippen molar-refractivity contribution in [2.45, 2.75) is 0 Å². The molecule has 10 heteroatoms. The Kier molecular flexibility index (Phi) is 3.84. The number of carbonyl (C=O) groups excluding carboxylic acids is 1. The predicted octanol–water partition coefficient (Wildman–Crippen LogP) is 1.88. The van der Waals surface area contributed by atoms with Crippen molar-refractivity contribution in [3.63, 3.8) is 0 Å². The van der Waals surface area contributed by atoms with Crippen LogP contribution in [0.25, 0.3) is 0 Å². The van der Waals surface area contributed by atoms with Crippen molar-refractivity contribution < 1.29 is 14.1 Å². The lowest BCUT2D eigenvalue weighted by atomic mass is 10.1. The van der Waals surface area contributed by atoms with Crippen molar-refractivity contribution in [2.75, 3.05) is 17.7 Å². The van der Waals surface area contributed by atoms with Gasteiger partial charge in [0.25, 0.3) is 11.6 Å². The second-order valence-electron chi connectivity index (χ2n) is 3.55. The molecular weight excluding hydrogens is 289 g/mol. The van der Waals surface area contributed by atoms with Gasteiger partial charge < -0.3 is 5.32 Å². The highest BCUT2D eigenvalue weighted by Gasteiger charge is 2.24. The number of hydrogen-bond donors (Lipinski definition) is 2. The summed E-state index contributed by atoms with van der Waals surface area (Å²) in [6.45, 7) is 0. The van der Waals surface area contributed by atoms with Gasteiger partial charge in [0.05, 0.1) is 16.7 Å². The fourth-order valence-electron chi connectivity index (χ4n) is 1.48. The minimum atomic E-state index is -0.822. The zero-order valence-electron chi connectivity index (χ0n) is 10.1. The molecule has 0 radical (unpaired) electrons. The number of benzene rings is 1. The molecule has 0 aliphatic carbocycles. The Hall–Kier alpha value is -2.62. The highest BCUT2D eigenvalue weighted by molar-refractivity contribution is 7.13. The molecule has 0 saturated heterocycles. The molecule has 0 fully saturated rings. The SMILES string of the molecule is CNc1cc(C(=O)Nc2nncs2)c([N+](=O)[O-])cc1F. The molecule has 1 aromatic carbocycles. The molecule has 1 amide bonds. The van der Waals surface area contributed by atoms with E-state index in [4.69, 9.17) is 0 Å². The van der Waals surface area contributed by atoms with Gasteiger partial charge >= 0.3 is 0 Å². The minimum absolute atomic E-state index is 0.0157. The van der Waals surface area contributed by atoms with E-state index in [1.165, 1.54) is 12.6 Å². The maximum absolute atomic E-state index is 13.5. The van der Waals surface area contributed by atoms with E-state index >= 15 is 0 Å². The Bertz CT molecular complexity index is 661. The molecular formula is C10H8FN5O3S. The Labute approximate surface area is 115 Å². The minimum Gasteiger partial charge on any atom is -0.386 e. The number of nitrogens with zero attached hydrogens (tertiary/aromatic N) is 3. The largest absolute Gasteiger partial charge is 0.386 e. The van der Waals surface area contributed by atoms with Crippen molar-refractivity contribution in [3.8, 4) is 0 Å². The Balaban J connectivity index is 2.42. The number of amides is 1. The molecule has 104 valence electrons. The molecule has 0 unspecified atom stereocenters. The van der Waals surface area contributed by atoms with Gasteiger partial charge in [-0.25, -0.2) is 4.39 Å². The third-order valence-corrected chi connectivity index (χ3v) is 2.98. The summed E-state index contributed by atoms with van der Waals surface area (Å²) >= 11 is 1.06. The maximum atomic E-state index is 13.5. The zero-order chi connectivity index (χ0) is 14.7. The lowest BCUT2D eigenvalue weighted by molar-refractivity contribution is -0.385. The van der Waals surface area contributed by atoms with Crippen molar-refractivity contribution in [3.05, 3.63) is 39.1 Å². The van der Waals surface area contributed by atoms with Crippen LogP contribution >= 0.6 is 11.3 Å². The summed E-state index contributed by atoms with van der Waals surface area (Å²) in [5.74, 6) is -1.57. The van der Waals surface area contributed by atoms with Gasteiger partial charge in [0.15, 0.2) is 5.82 Å². The summed E-state index contributed by atoms with van der Waals surface area (Å²) in [7, 11) is 1.44. The number of hydrogen-bond acceptors (Lipinski definition) is 7. The van der Waals surface area contributed by atoms with Crippen molar-refractivity contribution in [1.29, 1.82) is 0 Å². The van der Waals surface area contributed by atoms with E-state index in [1.54, 1.807) is 0 Å². The number of carbonyl (C=O) groups is 1. The zero-order valence-corrected chi connectivity index (χ0v) is 10.9. The highest BCUT2D eigenvalue weighted by atomic mass is 32.1. The van der Waals surface area contributed by atoms with Crippen molar-refractivity contribution in [2.24, 2.45) is 0 Å². The van der Waals surface area contributed by atoms with Crippen LogP contribution in [-0.2, 0) is 0 Å². The second kappa shape index (κ2) is 5.57. The molecule has 0 saturated carbocycles. The fourth-order valence-corrected chi connectivity index (χ4v) is 1.92. The summed E-state index contributed by atoms with van der Waals surface area (Å²) in [6.07, 6.45) is 0. The van der Waals surface area contributed by atoms with Gasteiger partial charge in [0.2, 0.25) is 5.13 Å². The first-order valence-corrected chi connectivity index (χ1v) is 6.14. The Morgan fingerprint density at radius 2 is 2.25 bits per heavy atom.